The molecule has 2 heterocycles. The smallest absolute Gasteiger partial charge is 0.228 e. The standard InChI is InChI=1S/C23H38N5O5P/c1-22(2,3)17(29)8-7-13-34(31,33-11-9-18(30)23(4,5)6)16-32-12-10-28-15-27-19-20(24)25-14-26-21(19)28/h14-15H,7-13,16H2,1-6H3,(H2,24,25,26). The van der Waals surface area contributed by atoms with Crippen LogP contribution in [-0.4, -0.2) is 56.8 Å². The molecule has 2 N–H and O–H groups in total. The highest BCUT2D eigenvalue weighted by atomic mass is 31.2. The Morgan fingerprint density at radius 1 is 1.00 bits per heavy atom. The van der Waals surface area contributed by atoms with Gasteiger partial charge in [0.05, 0.1) is 19.5 Å². The van der Waals surface area contributed by atoms with Gasteiger partial charge in [-0.1, -0.05) is 41.5 Å². The minimum Gasteiger partial charge on any atom is -0.382 e. The number of Topliss-reactive ketones (excluding diaryl/α,β-unsaturated/α-hetero) is 2. The van der Waals surface area contributed by atoms with E-state index in [0.717, 1.165) is 0 Å². The zero-order valence-electron chi connectivity index (χ0n) is 21.2. The largest absolute Gasteiger partial charge is 0.382 e. The zero-order chi connectivity index (χ0) is 25.6. The van der Waals surface area contributed by atoms with Gasteiger partial charge in [-0.3, -0.25) is 14.2 Å². The number of ether oxygens (including phenoxy) is 1. The number of rotatable bonds is 13. The van der Waals surface area contributed by atoms with E-state index in [-0.39, 0.29) is 43.7 Å². The maximum atomic E-state index is 13.5. The Bertz CT molecular complexity index is 1000. The summed E-state index contributed by atoms with van der Waals surface area (Å²) in [6, 6.07) is 0. The summed E-state index contributed by atoms with van der Waals surface area (Å²) in [6.45, 7) is 11.9. The molecule has 0 aliphatic carbocycles. The van der Waals surface area contributed by atoms with Crippen molar-refractivity contribution in [2.75, 3.05) is 31.5 Å². The number of hydrogen-bond acceptors (Lipinski definition) is 9. The lowest BCUT2D eigenvalue weighted by Gasteiger charge is -2.22. The van der Waals surface area contributed by atoms with Crippen LogP contribution in [0.4, 0.5) is 5.82 Å². The molecule has 2 rings (SSSR count). The molecule has 11 heteroatoms. The Morgan fingerprint density at radius 2 is 1.65 bits per heavy atom. The fraction of sp³-hybridized carbons (Fsp3) is 0.696. The summed E-state index contributed by atoms with van der Waals surface area (Å²) in [5, 5.41) is 0. The number of carbonyl (C=O) groups is 2. The molecule has 10 nitrogen and oxygen atoms in total. The second-order valence-corrected chi connectivity index (χ2v) is 13.1. The quantitative estimate of drug-likeness (QED) is 0.321. The summed E-state index contributed by atoms with van der Waals surface area (Å²) in [6.07, 6.45) is 4.03. The van der Waals surface area contributed by atoms with Gasteiger partial charge in [0.2, 0.25) is 7.37 Å². The molecule has 1 atom stereocenters. The second kappa shape index (κ2) is 11.5. The SMILES string of the molecule is CC(C)(C)C(=O)CCCP(=O)(COCCn1cnc2c(N)ncnc21)OCCC(=O)C(C)(C)C. The van der Waals surface area contributed by atoms with Crippen molar-refractivity contribution in [1.82, 2.24) is 19.5 Å². The molecule has 0 aliphatic heterocycles. The molecule has 0 saturated heterocycles. The number of anilines is 1. The van der Waals surface area contributed by atoms with Crippen molar-refractivity contribution in [3.05, 3.63) is 12.7 Å². The predicted octanol–water partition coefficient (Wildman–Crippen LogP) is 4.08. The van der Waals surface area contributed by atoms with Gasteiger partial charge in [0.25, 0.3) is 0 Å². The van der Waals surface area contributed by atoms with Gasteiger partial charge >= 0.3 is 0 Å². The first-order valence-corrected chi connectivity index (χ1v) is 13.5. The van der Waals surface area contributed by atoms with Crippen LogP contribution in [-0.2, 0) is 30.0 Å². The summed E-state index contributed by atoms with van der Waals surface area (Å²) in [5.74, 6) is 0.449. The van der Waals surface area contributed by atoms with E-state index in [9.17, 15) is 14.2 Å². The van der Waals surface area contributed by atoms with Crippen molar-refractivity contribution in [3.8, 4) is 0 Å². The molecular formula is C23H38N5O5P. The van der Waals surface area contributed by atoms with Gasteiger partial charge in [-0.25, -0.2) is 15.0 Å². The molecule has 0 fully saturated rings. The molecule has 2 aromatic heterocycles. The predicted molar refractivity (Wildman–Crippen MR) is 132 cm³/mol. The summed E-state index contributed by atoms with van der Waals surface area (Å²) in [5.41, 5.74) is 6.00. The molecule has 34 heavy (non-hydrogen) atoms. The molecule has 0 spiro atoms. The fourth-order valence-electron chi connectivity index (χ4n) is 3.13. The average molecular weight is 496 g/mol. The Kier molecular flexibility index (Phi) is 9.51. The van der Waals surface area contributed by atoms with Crippen LogP contribution in [0.5, 0.6) is 0 Å². The van der Waals surface area contributed by atoms with E-state index in [4.69, 9.17) is 15.0 Å². The van der Waals surface area contributed by atoms with Crippen molar-refractivity contribution in [2.45, 2.75) is 67.3 Å². The summed E-state index contributed by atoms with van der Waals surface area (Å²) in [4.78, 5) is 36.8. The Labute approximate surface area is 201 Å². The lowest BCUT2D eigenvalue weighted by Crippen LogP contribution is -2.22. The second-order valence-electron chi connectivity index (χ2n) is 10.5. The topological polar surface area (TPSA) is 139 Å². The molecule has 2 aromatic rings. The van der Waals surface area contributed by atoms with Crippen LogP contribution in [0.15, 0.2) is 12.7 Å². The number of ketones is 2. The van der Waals surface area contributed by atoms with Crippen molar-refractivity contribution in [1.29, 1.82) is 0 Å². The van der Waals surface area contributed by atoms with E-state index in [1.165, 1.54) is 6.33 Å². The summed E-state index contributed by atoms with van der Waals surface area (Å²) < 4.78 is 26.7. The van der Waals surface area contributed by atoms with E-state index in [1.807, 2.05) is 41.5 Å². The number of imidazole rings is 1. The maximum Gasteiger partial charge on any atom is 0.228 e. The van der Waals surface area contributed by atoms with Gasteiger partial charge in [-0.15, -0.1) is 0 Å². The van der Waals surface area contributed by atoms with E-state index < -0.39 is 18.2 Å². The molecule has 0 amide bonds. The highest BCUT2D eigenvalue weighted by Gasteiger charge is 2.28. The van der Waals surface area contributed by atoms with Gasteiger partial charge in [-0.05, 0) is 6.42 Å². The molecule has 190 valence electrons. The zero-order valence-corrected chi connectivity index (χ0v) is 22.1. The van der Waals surface area contributed by atoms with Crippen molar-refractivity contribution in [3.63, 3.8) is 0 Å². The number of nitrogen functional groups attached to an aromatic ring is 1. The lowest BCUT2D eigenvalue weighted by molar-refractivity contribution is -0.127. The molecule has 0 aromatic carbocycles. The van der Waals surface area contributed by atoms with Crippen molar-refractivity contribution < 1.29 is 23.4 Å². The summed E-state index contributed by atoms with van der Waals surface area (Å²) in [7, 11) is -3.20. The minimum atomic E-state index is -3.20. The first kappa shape index (κ1) is 28.1. The van der Waals surface area contributed by atoms with E-state index >= 15 is 0 Å². The third-order valence-electron chi connectivity index (χ3n) is 5.43. The van der Waals surface area contributed by atoms with Crippen LogP contribution in [0.1, 0.15) is 60.8 Å². The molecule has 0 radical (unpaired) electrons. The van der Waals surface area contributed by atoms with E-state index in [2.05, 4.69) is 15.0 Å². The third-order valence-corrected chi connectivity index (χ3v) is 7.65. The Hall–Kier alpha value is -2.16. The van der Waals surface area contributed by atoms with Gasteiger partial charge in [-0.2, -0.15) is 0 Å². The van der Waals surface area contributed by atoms with Crippen molar-refractivity contribution >= 4 is 35.9 Å². The number of carbonyl (C=O) groups excluding carboxylic acids is 2. The molecule has 0 bridgehead atoms. The monoisotopic (exact) mass is 495 g/mol. The van der Waals surface area contributed by atoms with E-state index in [0.29, 0.717) is 36.4 Å². The summed E-state index contributed by atoms with van der Waals surface area (Å²) >= 11 is 0. The highest BCUT2D eigenvalue weighted by molar-refractivity contribution is 7.58. The van der Waals surface area contributed by atoms with Crippen LogP contribution in [0.3, 0.4) is 0 Å². The number of nitrogens with zero attached hydrogens (tertiary/aromatic N) is 4. The molecular weight excluding hydrogens is 457 g/mol. The Morgan fingerprint density at radius 3 is 2.29 bits per heavy atom. The van der Waals surface area contributed by atoms with Gasteiger partial charge in [0.15, 0.2) is 11.5 Å². The lowest BCUT2D eigenvalue weighted by atomic mass is 9.88. The number of nitrogens with two attached hydrogens (primary N) is 1. The van der Waals surface area contributed by atoms with Crippen LogP contribution in [0.2, 0.25) is 0 Å². The molecule has 0 aliphatic rings. The fourth-order valence-corrected chi connectivity index (χ4v) is 4.93. The number of aromatic nitrogens is 4. The minimum absolute atomic E-state index is 0.0381. The van der Waals surface area contributed by atoms with Crippen LogP contribution >= 0.6 is 7.37 Å². The Balaban J connectivity index is 1.94. The number of fused-ring (bicyclic) bond motifs is 1. The van der Waals surface area contributed by atoms with Crippen LogP contribution < -0.4 is 5.73 Å². The first-order chi connectivity index (χ1) is 15.7. The first-order valence-electron chi connectivity index (χ1n) is 11.5. The molecule has 1 unspecified atom stereocenters. The highest BCUT2D eigenvalue weighted by Crippen LogP contribution is 2.48. The third kappa shape index (κ3) is 8.25. The average Bonchev–Trinajstić information content (AvgIpc) is 3.14. The maximum absolute atomic E-state index is 13.5. The van der Waals surface area contributed by atoms with Crippen LogP contribution in [0.25, 0.3) is 11.2 Å². The molecule has 0 saturated carbocycles. The van der Waals surface area contributed by atoms with Crippen LogP contribution in [0, 0.1) is 10.8 Å². The van der Waals surface area contributed by atoms with Gasteiger partial charge in [0, 0.05) is 36.4 Å². The van der Waals surface area contributed by atoms with E-state index in [1.54, 1.807) is 10.9 Å². The van der Waals surface area contributed by atoms with Crippen molar-refractivity contribution in [2.24, 2.45) is 10.8 Å². The normalized spacial score (nSPS) is 14.3. The number of hydrogen-bond donors (Lipinski definition) is 1. The van der Waals surface area contributed by atoms with Gasteiger partial charge in [0.1, 0.15) is 29.8 Å². The van der Waals surface area contributed by atoms with Gasteiger partial charge < -0.3 is 19.6 Å².